The molecule has 3 nitrogen and oxygen atoms in total. The molecule has 0 saturated heterocycles. The van der Waals surface area contributed by atoms with Crippen molar-refractivity contribution in [2.75, 3.05) is 18.1 Å². The van der Waals surface area contributed by atoms with E-state index in [1.807, 2.05) is 49.4 Å². The molecule has 3 rings (SSSR count). The summed E-state index contributed by atoms with van der Waals surface area (Å²) < 4.78 is 18.2. The van der Waals surface area contributed by atoms with Crippen LogP contribution in [0.3, 0.4) is 0 Å². The van der Waals surface area contributed by atoms with Gasteiger partial charge in [-0.25, -0.2) is 0 Å². The number of aryl methyl sites for hydroxylation is 1. The second-order valence-electron chi connectivity index (χ2n) is 5.04. The Morgan fingerprint density at radius 3 is 2.90 bits per heavy atom. The van der Waals surface area contributed by atoms with E-state index in [4.69, 9.17) is 10.5 Å². The first-order valence-electron chi connectivity index (χ1n) is 6.62. The maximum atomic E-state index is 12.6. The molecule has 0 spiro atoms. The summed E-state index contributed by atoms with van der Waals surface area (Å²) in [6.45, 7) is 2.53. The van der Waals surface area contributed by atoms with Crippen molar-refractivity contribution < 1.29 is 8.95 Å². The first-order chi connectivity index (χ1) is 9.66. The quantitative estimate of drug-likeness (QED) is 0.883. The highest BCUT2D eigenvalue weighted by molar-refractivity contribution is 7.85. The van der Waals surface area contributed by atoms with E-state index in [1.54, 1.807) is 0 Å². The molecular weight excluding hydrogens is 270 g/mol. The van der Waals surface area contributed by atoms with Crippen LogP contribution in [0.25, 0.3) is 0 Å². The highest BCUT2D eigenvalue weighted by Crippen LogP contribution is 2.35. The van der Waals surface area contributed by atoms with Crippen LogP contribution in [-0.4, -0.2) is 16.6 Å². The lowest BCUT2D eigenvalue weighted by Gasteiger charge is -2.11. The van der Waals surface area contributed by atoms with E-state index in [1.165, 1.54) is 0 Å². The number of nitrogen functional groups attached to an aromatic ring is 1. The van der Waals surface area contributed by atoms with E-state index in [2.05, 4.69) is 0 Å². The van der Waals surface area contributed by atoms with E-state index in [0.29, 0.717) is 18.0 Å². The second kappa shape index (κ2) is 5.29. The minimum absolute atomic E-state index is 0.173. The first kappa shape index (κ1) is 13.2. The van der Waals surface area contributed by atoms with Crippen LogP contribution in [0, 0.1) is 6.92 Å². The van der Waals surface area contributed by atoms with Crippen molar-refractivity contribution in [1.29, 1.82) is 0 Å². The van der Waals surface area contributed by atoms with Gasteiger partial charge in [0.1, 0.15) is 5.75 Å². The zero-order valence-corrected chi connectivity index (χ0v) is 12.2. The standard InChI is InChI=1S/C16H17NO2S/c1-11-5-4-8-15(16(11)17)20(18)10-12-9-19-14-7-3-2-6-13(12)14/h2-8,12H,9-10,17H2,1H3. The van der Waals surface area contributed by atoms with Gasteiger partial charge in [0, 0.05) is 17.2 Å². The molecular formula is C16H17NO2S. The number of ether oxygens (including phenoxy) is 1. The van der Waals surface area contributed by atoms with Crippen LogP contribution < -0.4 is 10.5 Å². The molecule has 0 amide bonds. The van der Waals surface area contributed by atoms with Crippen LogP contribution in [-0.2, 0) is 10.8 Å². The fraction of sp³-hybridized carbons (Fsp3) is 0.250. The van der Waals surface area contributed by atoms with Crippen molar-refractivity contribution >= 4 is 16.5 Å². The Balaban J connectivity index is 1.83. The van der Waals surface area contributed by atoms with E-state index in [9.17, 15) is 4.21 Å². The molecule has 2 unspecified atom stereocenters. The van der Waals surface area contributed by atoms with Gasteiger partial charge in [-0.2, -0.15) is 0 Å². The summed E-state index contributed by atoms with van der Waals surface area (Å²) in [5.41, 5.74) is 8.78. The average molecular weight is 287 g/mol. The highest BCUT2D eigenvalue weighted by Gasteiger charge is 2.26. The summed E-state index contributed by atoms with van der Waals surface area (Å²) in [7, 11) is -1.11. The van der Waals surface area contributed by atoms with Crippen molar-refractivity contribution in [3.05, 3.63) is 53.6 Å². The van der Waals surface area contributed by atoms with E-state index < -0.39 is 10.8 Å². The maximum Gasteiger partial charge on any atom is 0.122 e. The van der Waals surface area contributed by atoms with Crippen molar-refractivity contribution in [1.82, 2.24) is 0 Å². The Labute approximate surface area is 121 Å². The van der Waals surface area contributed by atoms with Gasteiger partial charge in [0.2, 0.25) is 0 Å². The van der Waals surface area contributed by atoms with Crippen LogP contribution >= 0.6 is 0 Å². The van der Waals surface area contributed by atoms with Gasteiger partial charge in [0.25, 0.3) is 0 Å². The average Bonchev–Trinajstić information content (AvgIpc) is 2.85. The lowest BCUT2D eigenvalue weighted by molar-refractivity contribution is 0.338. The van der Waals surface area contributed by atoms with E-state index in [0.717, 1.165) is 21.8 Å². The number of fused-ring (bicyclic) bond motifs is 1. The Morgan fingerprint density at radius 1 is 1.25 bits per heavy atom. The summed E-state index contributed by atoms with van der Waals surface area (Å²) in [5, 5.41) is 0. The highest BCUT2D eigenvalue weighted by atomic mass is 32.2. The number of anilines is 1. The molecule has 1 aliphatic heterocycles. The van der Waals surface area contributed by atoms with Gasteiger partial charge >= 0.3 is 0 Å². The molecule has 0 fully saturated rings. The molecule has 1 aliphatic rings. The van der Waals surface area contributed by atoms with Crippen LogP contribution in [0.5, 0.6) is 5.75 Å². The van der Waals surface area contributed by atoms with Crippen molar-refractivity contribution in [3.8, 4) is 5.75 Å². The predicted octanol–water partition coefficient (Wildman–Crippen LogP) is 2.86. The Hall–Kier alpha value is -1.81. The number of hydrogen-bond donors (Lipinski definition) is 1. The summed E-state index contributed by atoms with van der Waals surface area (Å²) in [6, 6.07) is 13.6. The molecule has 0 saturated carbocycles. The minimum atomic E-state index is -1.11. The Bertz CT molecular complexity index is 669. The number of benzene rings is 2. The molecule has 0 radical (unpaired) electrons. The van der Waals surface area contributed by atoms with Gasteiger partial charge in [0.15, 0.2) is 0 Å². The third-order valence-electron chi connectivity index (χ3n) is 3.68. The number of nitrogens with two attached hydrogens (primary N) is 1. The van der Waals surface area contributed by atoms with Gasteiger partial charge in [-0.05, 0) is 24.6 Å². The van der Waals surface area contributed by atoms with Crippen molar-refractivity contribution in [2.24, 2.45) is 0 Å². The van der Waals surface area contributed by atoms with E-state index >= 15 is 0 Å². The van der Waals surface area contributed by atoms with Gasteiger partial charge < -0.3 is 10.5 Å². The fourth-order valence-electron chi connectivity index (χ4n) is 2.49. The second-order valence-corrected chi connectivity index (χ2v) is 6.51. The lowest BCUT2D eigenvalue weighted by Crippen LogP contribution is -2.12. The molecule has 0 aromatic heterocycles. The number of hydrogen-bond acceptors (Lipinski definition) is 3. The molecule has 20 heavy (non-hydrogen) atoms. The molecule has 2 aromatic rings. The monoisotopic (exact) mass is 287 g/mol. The normalized spacial score (nSPS) is 18.4. The topological polar surface area (TPSA) is 52.3 Å². The molecule has 0 aliphatic carbocycles. The molecule has 4 heteroatoms. The Morgan fingerprint density at radius 2 is 2.05 bits per heavy atom. The fourth-order valence-corrected chi connectivity index (χ4v) is 3.95. The molecule has 104 valence electrons. The lowest BCUT2D eigenvalue weighted by atomic mass is 10.0. The minimum Gasteiger partial charge on any atom is -0.493 e. The van der Waals surface area contributed by atoms with E-state index in [-0.39, 0.29) is 5.92 Å². The van der Waals surface area contributed by atoms with Crippen molar-refractivity contribution in [2.45, 2.75) is 17.7 Å². The van der Waals surface area contributed by atoms with Crippen molar-refractivity contribution in [3.63, 3.8) is 0 Å². The molecule has 1 heterocycles. The van der Waals surface area contributed by atoms with Gasteiger partial charge in [-0.15, -0.1) is 0 Å². The number of rotatable bonds is 3. The van der Waals surface area contributed by atoms with Gasteiger partial charge in [0.05, 0.1) is 28.0 Å². The molecule has 2 atom stereocenters. The van der Waals surface area contributed by atoms with Crippen LogP contribution in [0.1, 0.15) is 17.0 Å². The predicted molar refractivity (Wildman–Crippen MR) is 81.5 cm³/mol. The third-order valence-corrected chi connectivity index (χ3v) is 5.23. The van der Waals surface area contributed by atoms with Gasteiger partial charge in [-0.1, -0.05) is 30.3 Å². The zero-order valence-electron chi connectivity index (χ0n) is 11.3. The van der Waals surface area contributed by atoms with Crippen LogP contribution in [0.4, 0.5) is 5.69 Å². The smallest absolute Gasteiger partial charge is 0.122 e. The first-order valence-corrected chi connectivity index (χ1v) is 7.94. The molecule has 0 bridgehead atoms. The molecule has 2 N–H and O–H groups in total. The van der Waals surface area contributed by atoms with Gasteiger partial charge in [-0.3, -0.25) is 4.21 Å². The summed E-state index contributed by atoms with van der Waals surface area (Å²) >= 11 is 0. The summed E-state index contributed by atoms with van der Waals surface area (Å²) in [5.74, 6) is 1.63. The SMILES string of the molecule is Cc1cccc(S(=O)CC2COc3ccccc32)c1N. The zero-order chi connectivity index (χ0) is 14.1. The number of para-hydroxylation sites is 2. The summed E-state index contributed by atoms with van der Waals surface area (Å²) in [4.78, 5) is 0.731. The third kappa shape index (κ3) is 2.31. The largest absolute Gasteiger partial charge is 0.493 e. The summed E-state index contributed by atoms with van der Waals surface area (Å²) in [6.07, 6.45) is 0. The van der Waals surface area contributed by atoms with Crippen LogP contribution in [0.15, 0.2) is 47.4 Å². The molecule has 2 aromatic carbocycles. The van der Waals surface area contributed by atoms with Crippen LogP contribution in [0.2, 0.25) is 0 Å². The Kier molecular flexibility index (Phi) is 3.49. The maximum absolute atomic E-state index is 12.6.